The molecule has 3 aromatic heterocycles. The molecule has 3 unspecified atom stereocenters. The van der Waals surface area contributed by atoms with Gasteiger partial charge < -0.3 is 71.7 Å². The van der Waals surface area contributed by atoms with Crippen LogP contribution in [0.5, 0.6) is 34.5 Å². The van der Waals surface area contributed by atoms with Crippen molar-refractivity contribution in [2.75, 3.05) is 41.2 Å². The van der Waals surface area contributed by atoms with Crippen LogP contribution in [0.3, 0.4) is 0 Å². The Balaban J connectivity index is 0.000000139. The summed E-state index contributed by atoms with van der Waals surface area (Å²) in [4.78, 5) is 48.5. The summed E-state index contributed by atoms with van der Waals surface area (Å²) < 4.78 is 147. The molecule has 0 saturated carbocycles. The van der Waals surface area contributed by atoms with E-state index in [1.54, 1.807) is 149 Å². The predicted molar refractivity (Wildman–Crippen MR) is 445 cm³/mol. The molecule has 3 aliphatic heterocycles. The number of hydrogen-bond donors (Lipinski definition) is 3. The third-order valence-electron chi connectivity index (χ3n) is 21.4. The molecule has 3 N–H and O–H groups in total. The monoisotopic (exact) mass is 1700 g/mol. The number of carbonyl (C=O) groups is 3. The van der Waals surface area contributed by atoms with Crippen molar-refractivity contribution in [2.45, 2.75) is 57.8 Å². The number of imidazole rings is 3. The van der Waals surface area contributed by atoms with Gasteiger partial charge in [-0.25, -0.2) is 55.7 Å². The number of carboxylic acid groups (broad SMARTS) is 3. The molecule has 0 saturated heterocycles. The molecule has 18 rings (SSSR count). The molecule has 0 spiro atoms. The van der Waals surface area contributed by atoms with Crippen molar-refractivity contribution in [1.29, 1.82) is 15.8 Å². The van der Waals surface area contributed by atoms with Crippen molar-refractivity contribution >= 4 is 51.0 Å². The zero-order valence-electron chi connectivity index (χ0n) is 66.9. The smallest absolute Gasteiger partial charge is 0.335 e. The zero-order chi connectivity index (χ0) is 88.1. The predicted octanol–water partition coefficient (Wildman–Crippen LogP) is 18.8. The van der Waals surface area contributed by atoms with Crippen LogP contribution in [0.15, 0.2) is 218 Å². The van der Waals surface area contributed by atoms with Crippen molar-refractivity contribution in [1.82, 2.24) is 28.7 Å². The summed E-state index contributed by atoms with van der Waals surface area (Å²) in [5, 5.41) is 55.3. The maximum Gasteiger partial charge on any atom is 0.335 e. The highest BCUT2D eigenvalue weighted by Crippen LogP contribution is 2.51. The molecule has 12 aromatic carbocycles. The van der Waals surface area contributed by atoms with Crippen molar-refractivity contribution in [3.05, 3.63) is 338 Å². The normalized spacial score (nSPS) is 13.8. The number of rotatable bonds is 24. The third kappa shape index (κ3) is 17.2. The average molecular weight is 1700 g/mol. The van der Waals surface area contributed by atoms with Crippen LogP contribution in [0.2, 0.25) is 0 Å². The third-order valence-corrected chi connectivity index (χ3v) is 21.4. The maximum atomic E-state index is 15.6. The maximum absolute atomic E-state index is 15.6. The van der Waals surface area contributed by atoms with Gasteiger partial charge in [-0.1, -0.05) is 72.8 Å². The molecule has 630 valence electrons. The lowest BCUT2D eigenvalue weighted by Crippen LogP contribution is -2.10. The van der Waals surface area contributed by atoms with Crippen LogP contribution in [-0.4, -0.2) is 103 Å². The van der Waals surface area contributed by atoms with Gasteiger partial charge in [0.2, 0.25) is 0 Å². The molecule has 0 bridgehead atoms. The number of fused-ring (bicyclic) bond motifs is 6. The second kappa shape index (κ2) is 36.1. The fourth-order valence-electron chi connectivity index (χ4n) is 15.1. The number of halogens is 6. The van der Waals surface area contributed by atoms with Gasteiger partial charge in [0.1, 0.15) is 52.4 Å². The number of methoxy groups -OCH3 is 3. The zero-order valence-corrected chi connectivity index (χ0v) is 66.9. The fraction of sp³-hybridized carbons (Fsp3) is 0.156. The first kappa shape index (κ1) is 83.8. The molecular formula is C96H69F6N9O15. The first-order valence-corrected chi connectivity index (χ1v) is 39.1. The molecule has 0 fully saturated rings. The van der Waals surface area contributed by atoms with Crippen LogP contribution in [-0.2, 0) is 53.1 Å². The first-order valence-electron chi connectivity index (χ1n) is 39.1. The van der Waals surface area contributed by atoms with Gasteiger partial charge in [-0.2, -0.15) is 15.8 Å². The lowest BCUT2D eigenvalue weighted by molar-refractivity contribution is 0.0454. The van der Waals surface area contributed by atoms with E-state index in [-0.39, 0.29) is 69.3 Å². The molecule has 0 amide bonds. The number of nitriles is 3. The number of nitrogens with zero attached hydrogens (tertiary/aromatic N) is 9. The number of ether oxygens (including phenoxy) is 9. The summed E-state index contributed by atoms with van der Waals surface area (Å²) in [5.41, 5.74) is 9.60. The second-order valence-electron chi connectivity index (χ2n) is 29.1. The molecule has 6 heterocycles. The molecular weight excluding hydrogens is 1630 g/mol. The van der Waals surface area contributed by atoms with E-state index in [2.05, 4.69) is 15.0 Å². The van der Waals surface area contributed by atoms with E-state index in [4.69, 9.17) is 58.4 Å². The Morgan fingerprint density at radius 1 is 0.357 bits per heavy atom. The molecule has 15 aromatic rings. The Hall–Kier alpha value is -15.8. The minimum absolute atomic E-state index is 0.133. The van der Waals surface area contributed by atoms with Gasteiger partial charge in [-0.3, -0.25) is 0 Å². The molecule has 3 aliphatic rings. The topological polar surface area (TPSA) is 320 Å². The standard InChI is InChI=1S/3C32H23F2N3O5/c3*1-40-12-11-37-27-15-21(31(38)39)8-10-26(27)36-29(37)16-20-7-6-19(14-24(20)33)22-3-2-4-28-30(22)42-32(41-28)23-9-5-18(17-35)13-25(23)34/h3*2-10,13-15,32H,11-12,16H2,1H3,(H,38,39). The largest absolute Gasteiger partial charge is 0.478 e. The molecule has 0 radical (unpaired) electrons. The summed E-state index contributed by atoms with van der Waals surface area (Å²) in [6, 6.07) is 61.9. The highest BCUT2D eigenvalue weighted by molar-refractivity contribution is 5.94. The lowest BCUT2D eigenvalue weighted by atomic mass is 10.0. The summed E-state index contributed by atoms with van der Waals surface area (Å²) in [6.45, 7) is 2.35. The number of para-hydroxylation sites is 3. The highest BCUT2D eigenvalue weighted by atomic mass is 19.1. The van der Waals surface area contributed by atoms with Gasteiger partial charge in [-0.05, 0) is 179 Å². The van der Waals surface area contributed by atoms with Crippen LogP contribution in [0.1, 0.15) is 117 Å². The fourth-order valence-corrected chi connectivity index (χ4v) is 15.1. The molecule has 30 heteroatoms. The number of hydrogen-bond acceptors (Lipinski definition) is 18. The van der Waals surface area contributed by atoms with E-state index in [1.807, 2.05) is 31.9 Å². The highest BCUT2D eigenvalue weighted by Gasteiger charge is 2.35. The van der Waals surface area contributed by atoms with Crippen LogP contribution < -0.4 is 28.4 Å². The Kier molecular flexibility index (Phi) is 24.0. The van der Waals surface area contributed by atoms with Gasteiger partial charge in [0.15, 0.2) is 34.5 Å². The minimum Gasteiger partial charge on any atom is -0.478 e. The summed E-state index contributed by atoms with van der Waals surface area (Å²) >= 11 is 0. The van der Waals surface area contributed by atoms with E-state index < -0.39 is 71.7 Å². The van der Waals surface area contributed by atoms with Crippen LogP contribution in [0, 0.1) is 68.9 Å². The molecule has 126 heavy (non-hydrogen) atoms. The number of aromatic carboxylic acids is 3. The number of aromatic nitrogens is 6. The second-order valence-corrected chi connectivity index (χ2v) is 29.1. The molecule has 3 atom stereocenters. The van der Waals surface area contributed by atoms with Crippen molar-refractivity contribution in [3.63, 3.8) is 0 Å². The van der Waals surface area contributed by atoms with E-state index in [0.29, 0.717) is 175 Å². The van der Waals surface area contributed by atoms with Crippen molar-refractivity contribution < 1.29 is 98.7 Å². The quantitative estimate of drug-likeness (QED) is 0.0473. The van der Waals surface area contributed by atoms with Crippen LogP contribution in [0.25, 0.3) is 66.5 Å². The van der Waals surface area contributed by atoms with Crippen molar-refractivity contribution in [3.8, 4) is 86.1 Å². The minimum atomic E-state index is -1.06. The number of benzene rings is 12. The SMILES string of the molecule is COCCn1c(Cc2ccc(-c3cccc4c3OC(c3ccc(C#N)cc3F)O4)cc2F)nc2ccc(C(=O)O)cc21.COCCn1c(Cc2ccc(-c3cccc4c3OC(c3ccc(C#N)cc3F)O4)cc2F)nc2ccc(C(=O)O)cc21.COCCn1c(Cc2ccc(-c3cccc4c3OC(c3ccc(C#N)cc3F)O4)cc2F)nc2ccc(C(=O)O)cc21. The number of carboxylic acids is 3. The molecule has 0 aliphatic carbocycles. The van der Waals surface area contributed by atoms with Gasteiger partial charge in [-0.15, -0.1) is 0 Å². The first-order chi connectivity index (χ1) is 61.1. The summed E-state index contributed by atoms with van der Waals surface area (Å²) in [6.07, 6.45) is -2.67. The van der Waals surface area contributed by atoms with Gasteiger partial charge in [0.25, 0.3) is 18.9 Å². The lowest BCUT2D eigenvalue weighted by Gasteiger charge is -2.13. The Morgan fingerprint density at radius 3 is 0.889 bits per heavy atom. The Labute approximate surface area is 713 Å². The Morgan fingerprint density at radius 2 is 0.643 bits per heavy atom. The van der Waals surface area contributed by atoms with E-state index in [0.717, 1.165) is 18.2 Å². The average Bonchev–Trinajstić information content (AvgIpc) is 1.62. The Bertz CT molecular complexity index is 6340. The van der Waals surface area contributed by atoms with Gasteiger partial charge in [0.05, 0.1) is 121 Å². The summed E-state index contributed by atoms with van der Waals surface area (Å²) in [7, 11) is 4.70. The van der Waals surface area contributed by atoms with Crippen molar-refractivity contribution in [2.24, 2.45) is 0 Å². The molecule has 24 nitrogen and oxygen atoms in total. The van der Waals surface area contributed by atoms with E-state index >= 15 is 13.2 Å². The van der Waals surface area contributed by atoms with Gasteiger partial charge in [0, 0.05) is 76.9 Å². The van der Waals surface area contributed by atoms with E-state index in [9.17, 15) is 42.9 Å². The summed E-state index contributed by atoms with van der Waals surface area (Å²) in [5.74, 6) is -2.46. The van der Waals surface area contributed by atoms with E-state index in [1.165, 1.54) is 72.8 Å². The van der Waals surface area contributed by atoms with Crippen LogP contribution >= 0.6 is 0 Å². The van der Waals surface area contributed by atoms with Gasteiger partial charge >= 0.3 is 17.9 Å². The van der Waals surface area contributed by atoms with Crippen LogP contribution in [0.4, 0.5) is 26.3 Å².